The second-order valence-electron chi connectivity index (χ2n) is 7.68. The average Bonchev–Trinajstić information content (AvgIpc) is 3.10. The quantitative estimate of drug-likeness (QED) is 0.313. The molecule has 34 heavy (non-hydrogen) atoms. The van der Waals surface area contributed by atoms with E-state index < -0.39 is 17.7 Å². The smallest absolute Gasteiger partial charge is 0.295 e. The number of aromatic hydroxyl groups is 1. The third-order valence-corrected chi connectivity index (χ3v) is 5.55. The van der Waals surface area contributed by atoms with Gasteiger partial charge in [0.2, 0.25) is 0 Å². The zero-order valence-electron chi connectivity index (χ0n) is 18.8. The van der Waals surface area contributed by atoms with Gasteiger partial charge in [-0.3, -0.25) is 14.6 Å². The highest BCUT2D eigenvalue weighted by atomic mass is 16.5. The zero-order chi connectivity index (χ0) is 24.2. The maximum absolute atomic E-state index is 13.2. The molecule has 0 saturated carbocycles. The molecule has 2 aromatic carbocycles. The van der Waals surface area contributed by atoms with Crippen molar-refractivity contribution in [3.63, 3.8) is 0 Å². The molecule has 1 amide bonds. The molecule has 2 N–H and O–H groups in total. The van der Waals surface area contributed by atoms with E-state index in [1.807, 2.05) is 6.92 Å². The van der Waals surface area contributed by atoms with Gasteiger partial charge in [0, 0.05) is 24.5 Å². The molecule has 0 spiro atoms. The highest BCUT2D eigenvalue weighted by Gasteiger charge is 2.46. The van der Waals surface area contributed by atoms with E-state index in [0.717, 1.165) is 5.56 Å². The Balaban J connectivity index is 1.88. The first-order valence-electron chi connectivity index (χ1n) is 10.7. The lowest BCUT2D eigenvalue weighted by Gasteiger charge is -2.25. The number of benzene rings is 2. The van der Waals surface area contributed by atoms with Crippen molar-refractivity contribution in [3.8, 4) is 17.2 Å². The van der Waals surface area contributed by atoms with Crippen molar-refractivity contribution in [3.05, 3.63) is 89.3 Å². The number of hydrogen-bond acceptors (Lipinski definition) is 7. The number of carbonyl (C=O) groups is 2. The van der Waals surface area contributed by atoms with Crippen LogP contribution in [0.15, 0.2) is 72.6 Å². The number of Topliss-reactive ketones (excluding diaryl/α,β-unsaturated/α-hetero) is 1. The van der Waals surface area contributed by atoms with Crippen molar-refractivity contribution in [1.82, 2.24) is 9.88 Å². The Morgan fingerprint density at radius 2 is 1.94 bits per heavy atom. The summed E-state index contributed by atoms with van der Waals surface area (Å²) in [6.45, 7) is 2.38. The Morgan fingerprint density at radius 3 is 2.65 bits per heavy atom. The van der Waals surface area contributed by atoms with E-state index in [0.29, 0.717) is 23.5 Å². The van der Waals surface area contributed by atoms with Gasteiger partial charge in [-0.05, 0) is 48.4 Å². The molecule has 2 heterocycles. The Kier molecular flexibility index (Phi) is 6.49. The Hall–Kier alpha value is -4.33. The van der Waals surface area contributed by atoms with Gasteiger partial charge in [-0.1, -0.05) is 24.3 Å². The van der Waals surface area contributed by atoms with Gasteiger partial charge >= 0.3 is 0 Å². The van der Waals surface area contributed by atoms with Gasteiger partial charge in [-0.2, -0.15) is 0 Å². The molecular weight excluding hydrogens is 436 g/mol. The second kappa shape index (κ2) is 9.66. The van der Waals surface area contributed by atoms with Crippen molar-refractivity contribution < 1.29 is 29.3 Å². The largest absolute Gasteiger partial charge is 0.507 e. The summed E-state index contributed by atoms with van der Waals surface area (Å²) in [6, 6.07) is 13.9. The number of methoxy groups -OCH3 is 1. The molecular formula is C26H24N2O6. The van der Waals surface area contributed by atoms with Gasteiger partial charge in [0.15, 0.2) is 11.5 Å². The monoisotopic (exact) mass is 460 g/mol. The highest BCUT2D eigenvalue weighted by Crippen LogP contribution is 2.42. The molecule has 1 atom stereocenters. The van der Waals surface area contributed by atoms with E-state index in [2.05, 4.69) is 4.98 Å². The number of likely N-dealkylation sites (tertiary alicyclic amines) is 1. The van der Waals surface area contributed by atoms with Gasteiger partial charge in [-0.15, -0.1) is 0 Å². The molecule has 1 aromatic heterocycles. The molecule has 4 rings (SSSR count). The van der Waals surface area contributed by atoms with Gasteiger partial charge in [0.05, 0.1) is 25.3 Å². The number of carbonyl (C=O) groups excluding carboxylic acids is 2. The van der Waals surface area contributed by atoms with E-state index in [1.165, 1.54) is 18.1 Å². The number of phenolic OH excluding ortho intramolecular Hbond substituents is 1. The maximum atomic E-state index is 13.2. The fourth-order valence-corrected chi connectivity index (χ4v) is 4.00. The Bertz CT molecular complexity index is 1260. The summed E-state index contributed by atoms with van der Waals surface area (Å²) in [7, 11) is 1.41. The van der Waals surface area contributed by atoms with Crippen molar-refractivity contribution in [1.29, 1.82) is 0 Å². The lowest BCUT2D eigenvalue weighted by molar-refractivity contribution is -0.140. The molecule has 8 heteroatoms. The molecule has 1 aliphatic heterocycles. The average molecular weight is 460 g/mol. The van der Waals surface area contributed by atoms with Crippen LogP contribution in [0.2, 0.25) is 0 Å². The molecule has 8 nitrogen and oxygen atoms in total. The summed E-state index contributed by atoms with van der Waals surface area (Å²) < 4.78 is 10.7. The third-order valence-electron chi connectivity index (χ3n) is 5.55. The Labute approximate surface area is 196 Å². The summed E-state index contributed by atoms with van der Waals surface area (Å²) in [5, 5.41) is 21.3. The van der Waals surface area contributed by atoms with Crippen molar-refractivity contribution in [2.45, 2.75) is 19.5 Å². The van der Waals surface area contributed by atoms with Gasteiger partial charge in [-0.25, -0.2) is 0 Å². The van der Waals surface area contributed by atoms with Crippen LogP contribution in [-0.4, -0.2) is 45.5 Å². The van der Waals surface area contributed by atoms with E-state index in [4.69, 9.17) is 9.47 Å². The normalized spacial score (nSPS) is 17.1. The minimum Gasteiger partial charge on any atom is -0.507 e. The van der Waals surface area contributed by atoms with Gasteiger partial charge in [0.1, 0.15) is 11.5 Å². The number of hydrogen-bond donors (Lipinski definition) is 2. The second-order valence-corrected chi connectivity index (χ2v) is 7.68. The van der Waals surface area contributed by atoms with E-state index >= 15 is 0 Å². The lowest BCUT2D eigenvalue weighted by Crippen LogP contribution is -2.29. The Morgan fingerprint density at radius 1 is 1.12 bits per heavy atom. The first-order valence-corrected chi connectivity index (χ1v) is 10.7. The maximum Gasteiger partial charge on any atom is 0.295 e. The summed E-state index contributed by atoms with van der Waals surface area (Å²) in [5.41, 5.74) is 1.51. The number of pyridine rings is 1. The van der Waals surface area contributed by atoms with Crippen molar-refractivity contribution in [2.75, 3.05) is 13.7 Å². The van der Waals surface area contributed by atoms with Crippen molar-refractivity contribution >= 4 is 17.4 Å². The molecule has 1 saturated heterocycles. The molecule has 1 aliphatic rings. The molecule has 174 valence electrons. The van der Waals surface area contributed by atoms with Gasteiger partial charge in [0.25, 0.3) is 11.7 Å². The number of aliphatic hydroxyl groups excluding tert-OH is 1. The predicted octanol–water partition coefficient (Wildman–Crippen LogP) is 3.82. The first-order chi connectivity index (χ1) is 16.4. The standard InChI is InChI=1S/C26H24N2O6/c1-3-34-19-8-4-7-18(12-19)24(30)22-23(17-9-10-20(29)21(13-17)33-2)28(26(32)25(22)31)15-16-6-5-11-27-14-16/h4-14,23,29-30H,3,15H2,1-2H3/b24-22+. The van der Waals surface area contributed by atoms with E-state index in [9.17, 15) is 19.8 Å². The number of rotatable bonds is 7. The van der Waals surface area contributed by atoms with Crippen LogP contribution in [0.4, 0.5) is 0 Å². The molecule has 0 bridgehead atoms. The van der Waals surface area contributed by atoms with Crippen LogP contribution < -0.4 is 9.47 Å². The van der Waals surface area contributed by atoms with Crippen LogP contribution in [0.25, 0.3) is 5.76 Å². The van der Waals surface area contributed by atoms with Crippen molar-refractivity contribution in [2.24, 2.45) is 0 Å². The number of phenols is 1. The molecule has 1 fully saturated rings. The summed E-state index contributed by atoms with van der Waals surface area (Å²) in [6.07, 6.45) is 3.23. The van der Waals surface area contributed by atoms with Crippen LogP contribution in [0, 0.1) is 0 Å². The van der Waals surface area contributed by atoms with E-state index in [1.54, 1.807) is 60.9 Å². The number of ketones is 1. The highest BCUT2D eigenvalue weighted by molar-refractivity contribution is 6.46. The number of nitrogens with zero attached hydrogens (tertiary/aromatic N) is 2. The minimum absolute atomic E-state index is 0.0599. The van der Waals surface area contributed by atoms with E-state index in [-0.39, 0.29) is 29.4 Å². The zero-order valence-corrected chi connectivity index (χ0v) is 18.8. The minimum atomic E-state index is -0.912. The SMILES string of the molecule is CCOc1cccc(/C(O)=C2\C(=O)C(=O)N(Cc3cccnc3)C2c2ccc(O)c(OC)c2)c1. The summed E-state index contributed by atoms with van der Waals surface area (Å²) in [4.78, 5) is 31.8. The fourth-order valence-electron chi connectivity index (χ4n) is 4.00. The first kappa shape index (κ1) is 22.8. The predicted molar refractivity (Wildman–Crippen MR) is 124 cm³/mol. The molecule has 3 aromatic rings. The lowest BCUT2D eigenvalue weighted by atomic mass is 9.94. The van der Waals surface area contributed by atoms with Crippen LogP contribution in [0.1, 0.15) is 29.7 Å². The number of aliphatic hydroxyl groups is 1. The van der Waals surface area contributed by atoms with Crippen LogP contribution >= 0.6 is 0 Å². The number of ether oxygens (including phenoxy) is 2. The molecule has 1 unspecified atom stereocenters. The summed E-state index contributed by atoms with van der Waals surface area (Å²) >= 11 is 0. The number of amides is 1. The topological polar surface area (TPSA) is 109 Å². The molecule has 0 aliphatic carbocycles. The third kappa shape index (κ3) is 4.30. The van der Waals surface area contributed by atoms with Crippen LogP contribution in [-0.2, 0) is 16.1 Å². The summed E-state index contributed by atoms with van der Waals surface area (Å²) in [5.74, 6) is -1.24. The van der Waals surface area contributed by atoms with Crippen LogP contribution in [0.5, 0.6) is 17.2 Å². The molecule has 0 radical (unpaired) electrons. The van der Waals surface area contributed by atoms with Crippen LogP contribution in [0.3, 0.4) is 0 Å². The van der Waals surface area contributed by atoms with Gasteiger partial charge < -0.3 is 24.6 Å². The number of aromatic nitrogens is 1. The fraction of sp³-hybridized carbons (Fsp3) is 0.192.